The summed E-state index contributed by atoms with van der Waals surface area (Å²) in [5.41, 5.74) is 4.54. The molecular weight excluding hydrogens is 306 g/mol. The van der Waals surface area contributed by atoms with Gasteiger partial charge in [-0.1, -0.05) is 0 Å². The summed E-state index contributed by atoms with van der Waals surface area (Å²) in [5.74, 6) is 1.42. The van der Waals surface area contributed by atoms with Crippen LogP contribution in [0.25, 0.3) is 0 Å². The molecule has 24 heavy (non-hydrogen) atoms. The predicted molar refractivity (Wildman–Crippen MR) is 93.6 cm³/mol. The highest BCUT2D eigenvalue weighted by Crippen LogP contribution is 2.38. The third-order valence-corrected chi connectivity index (χ3v) is 5.03. The maximum absolute atomic E-state index is 12.0. The molecule has 1 fully saturated rings. The molecule has 4 rings (SSSR count). The summed E-state index contributed by atoms with van der Waals surface area (Å²) in [6.07, 6.45) is 1.10. The zero-order valence-electron chi connectivity index (χ0n) is 14.3. The minimum Gasteiger partial charge on any atom is -0.483 e. The molecule has 3 aliphatic rings. The van der Waals surface area contributed by atoms with E-state index in [-0.39, 0.29) is 17.5 Å². The Morgan fingerprint density at radius 3 is 3.04 bits per heavy atom. The maximum Gasteiger partial charge on any atom is 0.262 e. The van der Waals surface area contributed by atoms with Crippen LogP contribution in [0.4, 0.5) is 11.4 Å². The number of ether oxygens (including phenoxy) is 1. The van der Waals surface area contributed by atoms with Crippen molar-refractivity contribution in [3.8, 4) is 5.75 Å². The second-order valence-corrected chi connectivity index (χ2v) is 7.19. The van der Waals surface area contributed by atoms with Gasteiger partial charge in [-0.05, 0) is 45.5 Å². The number of carbonyl (C=O) groups is 1. The topological polar surface area (TPSA) is 69.2 Å². The van der Waals surface area contributed by atoms with Crippen LogP contribution < -0.4 is 20.4 Å². The van der Waals surface area contributed by atoms with E-state index in [0.717, 1.165) is 42.5 Å². The van der Waals surface area contributed by atoms with Crippen LogP contribution in [0.1, 0.15) is 20.3 Å². The zero-order chi connectivity index (χ0) is 16.9. The minimum absolute atomic E-state index is 0.0559. The quantitative estimate of drug-likeness (QED) is 0.854. The van der Waals surface area contributed by atoms with Gasteiger partial charge in [-0.2, -0.15) is 5.10 Å². The number of hydrogen-bond acceptors (Lipinski definition) is 6. The van der Waals surface area contributed by atoms with Gasteiger partial charge in [0.2, 0.25) is 0 Å². The van der Waals surface area contributed by atoms with E-state index in [4.69, 9.17) is 4.74 Å². The van der Waals surface area contributed by atoms with Gasteiger partial charge in [0.15, 0.2) is 5.84 Å². The molecule has 0 bridgehead atoms. The Labute approximate surface area is 141 Å². The standard InChI is InChI=1S/C17H23N5O2/c1-11-16(23)20-19-15-9-24-14-5-4-12(8-13(14)22(11)15)18-17(2)6-7-21(3)10-17/h4-5,8,11,18H,6-7,9-10H2,1-3H3,(H,20,23). The van der Waals surface area contributed by atoms with Crippen molar-refractivity contribution in [2.75, 3.05) is 37.0 Å². The van der Waals surface area contributed by atoms with Gasteiger partial charge in [-0.15, -0.1) is 0 Å². The van der Waals surface area contributed by atoms with Crippen molar-refractivity contribution in [2.45, 2.75) is 31.8 Å². The molecule has 0 aromatic heterocycles. The van der Waals surface area contributed by atoms with E-state index >= 15 is 0 Å². The second kappa shape index (κ2) is 5.37. The fraction of sp³-hybridized carbons (Fsp3) is 0.529. The number of fused-ring (bicyclic) bond motifs is 3. The third kappa shape index (κ3) is 2.49. The largest absolute Gasteiger partial charge is 0.483 e. The van der Waals surface area contributed by atoms with Crippen molar-refractivity contribution in [3.05, 3.63) is 18.2 Å². The molecule has 3 heterocycles. The lowest BCUT2D eigenvalue weighted by atomic mass is 10.0. The molecule has 0 saturated carbocycles. The molecule has 2 N–H and O–H groups in total. The van der Waals surface area contributed by atoms with Crippen molar-refractivity contribution in [1.82, 2.24) is 10.3 Å². The SMILES string of the molecule is CC1C(=O)NN=C2COc3ccc(NC4(C)CCN(C)C4)cc3N21. The fourth-order valence-electron chi connectivity index (χ4n) is 3.75. The van der Waals surface area contributed by atoms with E-state index in [2.05, 4.69) is 40.8 Å². The highest BCUT2D eigenvalue weighted by atomic mass is 16.5. The Morgan fingerprint density at radius 2 is 2.29 bits per heavy atom. The number of rotatable bonds is 2. The van der Waals surface area contributed by atoms with Gasteiger partial charge < -0.3 is 19.9 Å². The third-order valence-electron chi connectivity index (χ3n) is 5.03. The molecule has 3 aliphatic heterocycles. The molecule has 1 aromatic carbocycles. The van der Waals surface area contributed by atoms with Crippen LogP contribution in [-0.4, -0.2) is 55.0 Å². The van der Waals surface area contributed by atoms with Gasteiger partial charge in [0.1, 0.15) is 18.4 Å². The number of hydrogen-bond donors (Lipinski definition) is 2. The number of carbonyl (C=O) groups excluding carboxylic acids is 1. The van der Waals surface area contributed by atoms with Crippen LogP contribution in [0.5, 0.6) is 5.75 Å². The van der Waals surface area contributed by atoms with Gasteiger partial charge in [0.05, 0.1) is 5.69 Å². The average Bonchev–Trinajstić information content (AvgIpc) is 2.89. The van der Waals surface area contributed by atoms with Gasteiger partial charge >= 0.3 is 0 Å². The highest BCUT2D eigenvalue weighted by molar-refractivity contribution is 6.09. The lowest BCUT2D eigenvalue weighted by Gasteiger charge is -2.38. The van der Waals surface area contributed by atoms with E-state index in [9.17, 15) is 4.79 Å². The molecule has 0 aliphatic carbocycles. The molecule has 0 spiro atoms. The fourth-order valence-corrected chi connectivity index (χ4v) is 3.75. The van der Waals surface area contributed by atoms with Gasteiger partial charge in [-0.25, -0.2) is 5.43 Å². The summed E-state index contributed by atoms with van der Waals surface area (Å²) in [6.45, 7) is 6.60. The van der Waals surface area contributed by atoms with Crippen LogP contribution in [-0.2, 0) is 4.79 Å². The number of amidine groups is 1. The average molecular weight is 329 g/mol. The van der Waals surface area contributed by atoms with Crippen molar-refractivity contribution < 1.29 is 9.53 Å². The first-order chi connectivity index (χ1) is 11.5. The van der Waals surface area contributed by atoms with Crippen LogP contribution in [0.2, 0.25) is 0 Å². The molecule has 128 valence electrons. The first-order valence-corrected chi connectivity index (χ1v) is 8.34. The molecule has 1 saturated heterocycles. The van der Waals surface area contributed by atoms with Crippen molar-refractivity contribution in [3.63, 3.8) is 0 Å². The lowest BCUT2D eigenvalue weighted by molar-refractivity contribution is -0.122. The molecule has 1 aromatic rings. The van der Waals surface area contributed by atoms with Crippen LogP contribution in [0.3, 0.4) is 0 Å². The van der Waals surface area contributed by atoms with E-state index in [1.807, 2.05) is 24.0 Å². The Morgan fingerprint density at radius 1 is 1.46 bits per heavy atom. The van der Waals surface area contributed by atoms with Crippen LogP contribution in [0.15, 0.2) is 23.3 Å². The van der Waals surface area contributed by atoms with E-state index < -0.39 is 0 Å². The summed E-state index contributed by atoms with van der Waals surface area (Å²) in [7, 11) is 2.14. The van der Waals surface area contributed by atoms with E-state index in [1.54, 1.807) is 0 Å². The molecule has 7 nitrogen and oxygen atoms in total. The summed E-state index contributed by atoms with van der Waals surface area (Å²) in [4.78, 5) is 16.3. The molecule has 2 atom stereocenters. The molecule has 2 unspecified atom stereocenters. The molecule has 1 amide bonds. The molecule has 0 radical (unpaired) electrons. The minimum atomic E-state index is -0.302. The molecular formula is C17H23N5O2. The Bertz CT molecular complexity index is 719. The van der Waals surface area contributed by atoms with Crippen molar-refractivity contribution in [2.24, 2.45) is 5.10 Å². The lowest BCUT2D eigenvalue weighted by Crippen LogP contribution is -2.55. The zero-order valence-corrected chi connectivity index (χ0v) is 14.3. The number of anilines is 2. The van der Waals surface area contributed by atoms with Gasteiger partial charge in [-0.3, -0.25) is 4.79 Å². The van der Waals surface area contributed by atoms with Crippen LogP contribution >= 0.6 is 0 Å². The first kappa shape index (κ1) is 15.3. The number of benzene rings is 1. The second-order valence-electron chi connectivity index (χ2n) is 7.19. The summed E-state index contributed by atoms with van der Waals surface area (Å²) >= 11 is 0. The molecule has 7 heteroatoms. The summed E-state index contributed by atoms with van der Waals surface area (Å²) < 4.78 is 5.78. The van der Waals surface area contributed by atoms with Gasteiger partial charge in [0, 0.05) is 24.3 Å². The number of amides is 1. The van der Waals surface area contributed by atoms with Crippen molar-refractivity contribution >= 4 is 23.1 Å². The summed E-state index contributed by atoms with van der Waals surface area (Å²) in [5, 5.41) is 7.78. The monoisotopic (exact) mass is 329 g/mol. The van der Waals surface area contributed by atoms with E-state index in [1.165, 1.54) is 0 Å². The smallest absolute Gasteiger partial charge is 0.262 e. The number of likely N-dealkylation sites (tertiary alicyclic amines) is 1. The van der Waals surface area contributed by atoms with Crippen LogP contribution in [0, 0.1) is 0 Å². The number of nitrogens with one attached hydrogen (secondary N) is 2. The number of nitrogens with zero attached hydrogens (tertiary/aromatic N) is 3. The number of hydrazone groups is 1. The first-order valence-electron chi connectivity index (χ1n) is 8.34. The van der Waals surface area contributed by atoms with Crippen molar-refractivity contribution in [1.29, 1.82) is 0 Å². The Hall–Kier alpha value is -2.28. The Kier molecular flexibility index (Phi) is 3.42. The summed E-state index contributed by atoms with van der Waals surface area (Å²) in [6, 6.07) is 5.76. The number of likely N-dealkylation sites (N-methyl/N-ethyl adjacent to an activating group) is 1. The Balaban J connectivity index is 1.66. The normalized spacial score (nSPS) is 29.3. The predicted octanol–water partition coefficient (Wildman–Crippen LogP) is 1.22. The maximum atomic E-state index is 12.0. The van der Waals surface area contributed by atoms with E-state index in [0.29, 0.717) is 6.61 Å². The van der Waals surface area contributed by atoms with Gasteiger partial charge in [0.25, 0.3) is 5.91 Å². The highest BCUT2D eigenvalue weighted by Gasteiger charge is 2.36.